The molecule has 258 valence electrons. The van der Waals surface area contributed by atoms with Crippen LogP contribution >= 0.6 is 34.5 Å². The summed E-state index contributed by atoms with van der Waals surface area (Å²) in [6, 6.07) is 13.3. The van der Waals surface area contributed by atoms with Gasteiger partial charge in [0.25, 0.3) is 0 Å². The molecule has 0 unspecified atom stereocenters. The van der Waals surface area contributed by atoms with Crippen molar-refractivity contribution in [2.75, 3.05) is 38.8 Å². The zero-order valence-electron chi connectivity index (χ0n) is 26.8. The summed E-state index contributed by atoms with van der Waals surface area (Å²) in [7, 11) is 3.02. The Morgan fingerprint density at radius 2 is 1.78 bits per heavy atom. The van der Waals surface area contributed by atoms with Gasteiger partial charge in [-0.05, 0) is 79.7 Å². The minimum absolute atomic E-state index is 0.0326. The van der Waals surface area contributed by atoms with Crippen molar-refractivity contribution in [1.82, 2.24) is 4.90 Å². The number of nitrogens with zero attached hydrogens (tertiary/aromatic N) is 3. The van der Waals surface area contributed by atoms with Crippen molar-refractivity contribution < 1.29 is 44.0 Å². The Morgan fingerprint density at radius 1 is 1.06 bits per heavy atom. The number of aromatic carboxylic acids is 1. The van der Waals surface area contributed by atoms with Gasteiger partial charge in [0, 0.05) is 33.7 Å². The molecule has 3 aliphatic rings. The van der Waals surface area contributed by atoms with Crippen molar-refractivity contribution in [1.29, 1.82) is 0 Å². The van der Waals surface area contributed by atoms with Gasteiger partial charge in [0.05, 0.1) is 37.3 Å². The molecule has 0 aliphatic carbocycles. The monoisotopic (exact) mass is 727 g/mol. The number of phenols is 1. The number of anilines is 1. The number of fused-ring (bicyclic) bond motifs is 3. The van der Waals surface area contributed by atoms with Gasteiger partial charge in [0.15, 0.2) is 11.5 Å². The van der Waals surface area contributed by atoms with E-state index in [9.17, 15) is 25.0 Å². The third kappa shape index (κ3) is 7.52. The maximum Gasteiger partial charge on any atom is 0.414 e. The molecule has 2 bridgehead atoms. The van der Waals surface area contributed by atoms with Gasteiger partial charge < -0.3 is 29.2 Å². The van der Waals surface area contributed by atoms with E-state index in [1.807, 2.05) is 0 Å². The fourth-order valence-corrected chi connectivity index (χ4v) is 8.34. The molecular formula is C35H35Cl2N3O8S. The molecule has 0 saturated carbocycles. The zero-order valence-corrected chi connectivity index (χ0v) is 29.1. The predicted molar refractivity (Wildman–Crippen MR) is 181 cm³/mol. The number of methoxy groups -OCH3 is 2. The van der Waals surface area contributed by atoms with Crippen molar-refractivity contribution >= 4 is 52.3 Å². The summed E-state index contributed by atoms with van der Waals surface area (Å²) >= 11 is 14.1. The van der Waals surface area contributed by atoms with Gasteiger partial charge in [0.2, 0.25) is 12.4 Å². The second-order valence-electron chi connectivity index (χ2n) is 12.1. The highest BCUT2D eigenvalue weighted by molar-refractivity contribution is 7.14. The Hall–Kier alpha value is -4.23. The third-order valence-electron chi connectivity index (χ3n) is 9.18. The van der Waals surface area contributed by atoms with Gasteiger partial charge in [-0.1, -0.05) is 35.3 Å². The van der Waals surface area contributed by atoms with Crippen LogP contribution in [-0.2, 0) is 17.7 Å². The molecule has 2 N–H and O–H groups in total. The standard InChI is InChI=1S/C35H35Cl2N3O8S/c1-46-30-7-6-21(12-31(30)47-2)25(15-27-28(36)17-39(45)18-29(27)37)26-14-24(49-33(26)34(42)43)16-40(22-4-3-5-23(41)13-22)35(44)48-32-19-38-10-8-20(32)9-11-38/h3-7,12-14,17-18,20,25,32H,8-11,15-16,19H2,1-2H3,(H2-,41,42,43,45)/t25-,32-/m0/s1. The molecule has 2 aromatic carbocycles. The number of hydrogen-bond donors (Lipinski definition) is 2. The summed E-state index contributed by atoms with van der Waals surface area (Å²) < 4.78 is 17.8. The maximum absolute atomic E-state index is 13.9. The number of carbonyl (C=O) groups excluding carboxylic acids is 2. The second-order valence-corrected chi connectivity index (χ2v) is 14.1. The Labute approximate surface area is 297 Å². The first kappa shape index (κ1) is 34.6. The number of aromatic nitrogens is 1. The van der Waals surface area contributed by atoms with Crippen molar-refractivity contribution in [3.8, 4) is 17.2 Å². The number of pyridine rings is 1. The van der Waals surface area contributed by atoms with Crippen LogP contribution in [0.25, 0.3) is 0 Å². The minimum Gasteiger partial charge on any atom is -0.544 e. The predicted octanol–water partition coefficient (Wildman–Crippen LogP) is 5.28. The average molecular weight is 729 g/mol. The number of thiophene rings is 1. The van der Waals surface area contributed by atoms with Crippen LogP contribution in [0.15, 0.2) is 60.9 Å². The number of benzene rings is 2. The van der Waals surface area contributed by atoms with Crippen LogP contribution in [0.2, 0.25) is 10.0 Å². The van der Waals surface area contributed by atoms with E-state index in [2.05, 4.69) is 4.90 Å². The molecule has 3 aliphatic heterocycles. The molecule has 0 radical (unpaired) electrons. The van der Waals surface area contributed by atoms with E-state index in [1.54, 1.807) is 36.4 Å². The number of rotatable bonds is 11. The van der Waals surface area contributed by atoms with Crippen LogP contribution in [0, 0.1) is 5.92 Å². The zero-order chi connectivity index (χ0) is 34.8. The van der Waals surface area contributed by atoms with E-state index >= 15 is 0 Å². The number of aromatic hydroxyl groups is 1. The fraction of sp³-hybridized carbons (Fsp3) is 0.343. The largest absolute Gasteiger partial charge is 0.544 e. The van der Waals surface area contributed by atoms with Crippen LogP contribution < -0.4 is 24.2 Å². The van der Waals surface area contributed by atoms with Crippen molar-refractivity contribution in [3.63, 3.8) is 0 Å². The SMILES string of the molecule is COc1ccc([C@H](Cc2c(Cl)c[n+](O)cc2Cl)c2cc(CN(C(=O)O[C@H]3CN4CCC3CC4)c3cccc(O)c3)sc2C(=O)[O-])cc1OC. The van der Waals surface area contributed by atoms with Gasteiger partial charge in [0.1, 0.15) is 21.9 Å². The molecule has 2 aromatic heterocycles. The first-order valence-corrected chi connectivity index (χ1v) is 17.3. The molecule has 49 heavy (non-hydrogen) atoms. The van der Waals surface area contributed by atoms with Gasteiger partial charge in [-0.2, -0.15) is 0 Å². The van der Waals surface area contributed by atoms with E-state index in [0.717, 1.165) is 42.0 Å². The van der Waals surface area contributed by atoms with Crippen LogP contribution in [0.1, 0.15) is 50.0 Å². The maximum atomic E-state index is 13.9. The van der Waals surface area contributed by atoms with Crippen molar-refractivity contribution in [2.45, 2.75) is 37.8 Å². The fourth-order valence-electron chi connectivity index (χ4n) is 6.69. The Bertz CT molecular complexity index is 1840. The molecule has 4 aromatic rings. The van der Waals surface area contributed by atoms with E-state index in [-0.39, 0.29) is 45.7 Å². The lowest BCUT2D eigenvalue weighted by Gasteiger charge is -2.44. The molecule has 7 rings (SSSR count). The average Bonchev–Trinajstić information content (AvgIpc) is 3.51. The summed E-state index contributed by atoms with van der Waals surface area (Å²) in [6.07, 6.45) is 3.78. The van der Waals surface area contributed by atoms with Gasteiger partial charge in [-0.15, -0.1) is 11.3 Å². The number of carboxylic acid groups (broad SMARTS) is 1. The molecule has 11 nitrogen and oxygen atoms in total. The molecule has 14 heteroatoms. The smallest absolute Gasteiger partial charge is 0.414 e. The molecule has 1 amide bonds. The van der Waals surface area contributed by atoms with Crippen LogP contribution in [0.4, 0.5) is 10.5 Å². The Morgan fingerprint density at radius 3 is 2.39 bits per heavy atom. The van der Waals surface area contributed by atoms with Gasteiger partial charge >= 0.3 is 6.09 Å². The summed E-state index contributed by atoms with van der Waals surface area (Å²) in [4.78, 5) is 30.8. The minimum atomic E-state index is -1.39. The van der Waals surface area contributed by atoms with E-state index in [0.29, 0.717) is 45.3 Å². The number of halogens is 2. The highest BCUT2D eigenvalue weighted by atomic mass is 35.5. The third-order valence-corrected chi connectivity index (χ3v) is 10.9. The molecule has 2 atom stereocenters. The lowest BCUT2D eigenvalue weighted by molar-refractivity contribution is -0.904. The van der Waals surface area contributed by atoms with Crippen LogP contribution in [0.5, 0.6) is 17.2 Å². The van der Waals surface area contributed by atoms with Crippen LogP contribution in [0.3, 0.4) is 0 Å². The Kier molecular flexibility index (Phi) is 10.4. The normalized spacial score (nSPS) is 18.9. The summed E-state index contributed by atoms with van der Waals surface area (Å²) in [5.41, 5.74) is 1.95. The molecule has 0 spiro atoms. The number of amides is 1. The number of piperidine rings is 3. The first-order valence-electron chi connectivity index (χ1n) is 15.7. The van der Waals surface area contributed by atoms with Gasteiger partial charge in [-0.3, -0.25) is 15.0 Å². The number of carboxylic acids is 1. The van der Waals surface area contributed by atoms with E-state index in [1.165, 1.54) is 43.6 Å². The number of ether oxygens (including phenoxy) is 3. The highest BCUT2D eigenvalue weighted by Gasteiger charge is 2.38. The second kappa shape index (κ2) is 14.7. The Balaban J connectivity index is 1.40. The topological polar surface area (TPSA) is 136 Å². The molecule has 5 heterocycles. The van der Waals surface area contributed by atoms with Crippen molar-refractivity contribution in [3.05, 3.63) is 97.4 Å². The van der Waals surface area contributed by atoms with E-state index < -0.39 is 18.0 Å². The number of phenolic OH excluding ortho intramolecular Hbond substituents is 1. The molecular weight excluding hydrogens is 693 g/mol. The highest BCUT2D eigenvalue weighted by Crippen LogP contribution is 2.41. The van der Waals surface area contributed by atoms with Gasteiger partial charge in [-0.25, -0.2) is 4.79 Å². The van der Waals surface area contributed by atoms with Crippen molar-refractivity contribution in [2.24, 2.45) is 5.92 Å². The molecule has 3 fully saturated rings. The quantitative estimate of drug-likeness (QED) is 0.156. The first-order chi connectivity index (χ1) is 23.5. The lowest BCUT2D eigenvalue weighted by atomic mass is 9.85. The van der Waals surface area contributed by atoms with E-state index in [4.69, 9.17) is 37.4 Å². The van der Waals surface area contributed by atoms with Crippen LogP contribution in [-0.4, -0.2) is 67.2 Å². The summed E-state index contributed by atoms with van der Waals surface area (Å²) in [6.45, 7) is 2.60. The summed E-state index contributed by atoms with van der Waals surface area (Å²) in [5, 5.41) is 33.3. The lowest BCUT2D eigenvalue weighted by Crippen LogP contribution is -2.53. The summed E-state index contributed by atoms with van der Waals surface area (Å²) in [5.74, 6) is -0.882. The number of carbonyl (C=O) groups is 2. The molecule has 3 saturated heterocycles. The number of hydrogen-bond acceptors (Lipinski definition) is 10.